The molecule has 1 aromatic heterocycles. The van der Waals surface area contributed by atoms with Crippen LogP contribution in [-0.4, -0.2) is 11.0 Å². The van der Waals surface area contributed by atoms with Crippen molar-refractivity contribution in [3.63, 3.8) is 0 Å². The van der Waals surface area contributed by atoms with Crippen molar-refractivity contribution >= 4 is 0 Å². The fraction of sp³-hybridized carbons (Fsp3) is 0.667. The van der Waals surface area contributed by atoms with Crippen molar-refractivity contribution in [2.75, 3.05) is 0 Å². The van der Waals surface area contributed by atoms with Gasteiger partial charge in [0.15, 0.2) is 0 Å². The maximum absolute atomic E-state index is 6.52. The highest BCUT2D eigenvalue weighted by atomic mass is 14.8. The Kier molecular flexibility index (Phi) is 3.82. The van der Waals surface area contributed by atoms with Gasteiger partial charge in [0.1, 0.15) is 0 Å². The van der Waals surface area contributed by atoms with Crippen molar-refractivity contribution in [2.24, 2.45) is 11.1 Å². The topological polar surface area (TPSA) is 38.9 Å². The molecule has 0 aromatic carbocycles. The van der Waals surface area contributed by atoms with Gasteiger partial charge < -0.3 is 5.73 Å². The Morgan fingerprint density at radius 1 is 1.24 bits per heavy atom. The van der Waals surface area contributed by atoms with E-state index >= 15 is 0 Å². The minimum Gasteiger partial charge on any atom is -0.327 e. The van der Waals surface area contributed by atoms with Crippen LogP contribution in [0.1, 0.15) is 57.6 Å². The van der Waals surface area contributed by atoms with Crippen LogP contribution in [0.25, 0.3) is 0 Å². The van der Waals surface area contributed by atoms with E-state index in [1.807, 2.05) is 12.3 Å². The highest BCUT2D eigenvalue weighted by Crippen LogP contribution is 2.42. The van der Waals surface area contributed by atoms with Crippen LogP contribution < -0.4 is 5.73 Å². The maximum Gasteiger partial charge on any atom is 0.0447 e. The lowest BCUT2D eigenvalue weighted by atomic mass is 9.67. The summed E-state index contributed by atoms with van der Waals surface area (Å²) in [4.78, 5) is 4.45. The number of aromatic nitrogens is 1. The van der Waals surface area contributed by atoms with Crippen LogP contribution in [0, 0.1) is 5.41 Å². The predicted octanol–water partition coefficient (Wildman–Crippen LogP) is 3.48. The zero-order chi connectivity index (χ0) is 12.3. The second-order valence-corrected chi connectivity index (χ2v) is 5.78. The molecule has 2 heteroatoms. The molecule has 0 saturated heterocycles. The van der Waals surface area contributed by atoms with Gasteiger partial charge in [0.05, 0.1) is 0 Å². The number of pyridine rings is 1. The lowest BCUT2D eigenvalue weighted by Gasteiger charge is -2.41. The van der Waals surface area contributed by atoms with Crippen molar-refractivity contribution in [1.29, 1.82) is 0 Å². The summed E-state index contributed by atoms with van der Waals surface area (Å²) in [7, 11) is 0. The van der Waals surface area contributed by atoms with Gasteiger partial charge in [-0.05, 0) is 30.4 Å². The van der Waals surface area contributed by atoms with Crippen molar-refractivity contribution < 1.29 is 0 Å². The zero-order valence-electron chi connectivity index (χ0n) is 11.0. The van der Waals surface area contributed by atoms with Gasteiger partial charge in [-0.25, -0.2) is 0 Å². The predicted molar refractivity (Wildman–Crippen MR) is 71.8 cm³/mol. The number of nitrogens with two attached hydrogens (primary N) is 1. The minimum absolute atomic E-state index is 0.220. The standard InChI is InChI=1S/C15H24N2/c1-12(13-8-4-7-11-17-13)14(16)15(2)9-5-3-6-10-15/h4,7-8,11-12,14H,3,5-6,9-10,16H2,1-2H3. The first-order valence-corrected chi connectivity index (χ1v) is 6.80. The van der Waals surface area contributed by atoms with Gasteiger partial charge in [0, 0.05) is 23.9 Å². The summed E-state index contributed by atoms with van der Waals surface area (Å²) in [6.45, 7) is 4.57. The molecule has 17 heavy (non-hydrogen) atoms. The quantitative estimate of drug-likeness (QED) is 0.866. The van der Waals surface area contributed by atoms with Crippen LogP contribution in [0.2, 0.25) is 0 Å². The van der Waals surface area contributed by atoms with E-state index in [4.69, 9.17) is 5.73 Å². The highest BCUT2D eigenvalue weighted by Gasteiger charge is 2.36. The lowest BCUT2D eigenvalue weighted by Crippen LogP contribution is -2.44. The molecule has 94 valence electrons. The van der Waals surface area contributed by atoms with Gasteiger partial charge in [0.2, 0.25) is 0 Å². The lowest BCUT2D eigenvalue weighted by molar-refractivity contribution is 0.153. The molecule has 2 atom stereocenters. The summed E-state index contributed by atoms with van der Waals surface area (Å²) < 4.78 is 0. The molecule has 0 amide bonds. The summed E-state index contributed by atoms with van der Waals surface area (Å²) in [5.74, 6) is 0.347. The monoisotopic (exact) mass is 232 g/mol. The van der Waals surface area contributed by atoms with E-state index in [9.17, 15) is 0 Å². The van der Waals surface area contributed by atoms with Gasteiger partial charge in [-0.3, -0.25) is 4.98 Å². The van der Waals surface area contributed by atoms with E-state index in [1.54, 1.807) is 0 Å². The van der Waals surface area contributed by atoms with Crippen molar-refractivity contribution in [2.45, 2.75) is 57.9 Å². The van der Waals surface area contributed by atoms with Gasteiger partial charge in [0.25, 0.3) is 0 Å². The Labute approximate surface area is 105 Å². The summed E-state index contributed by atoms with van der Waals surface area (Å²) in [6, 6.07) is 6.33. The average molecular weight is 232 g/mol. The third kappa shape index (κ3) is 2.68. The maximum atomic E-state index is 6.52. The van der Waals surface area contributed by atoms with Gasteiger partial charge in [-0.15, -0.1) is 0 Å². The number of nitrogens with zero attached hydrogens (tertiary/aromatic N) is 1. The van der Waals surface area contributed by atoms with E-state index in [0.717, 1.165) is 5.69 Å². The van der Waals surface area contributed by atoms with E-state index in [-0.39, 0.29) is 6.04 Å². The van der Waals surface area contributed by atoms with Crippen LogP contribution >= 0.6 is 0 Å². The number of hydrogen-bond acceptors (Lipinski definition) is 2. The molecule has 2 unspecified atom stereocenters. The van der Waals surface area contributed by atoms with Crippen LogP contribution in [-0.2, 0) is 0 Å². The third-order valence-electron chi connectivity index (χ3n) is 4.49. The fourth-order valence-corrected chi connectivity index (χ4v) is 3.13. The van der Waals surface area contributed by atoms with E-state index in [1.165, 1.54) is 32.1 Å². The molecule has 2 nitrogen and oxygen atoms in total. The van der Waals surface area contributed by atoms with Crippen molar-refractivity contribution in [3.8, 4) is 0 Å². The molecule has 0 spiro atoms. The normalized spacial score (nSPS) is 23.0. The summed E-state index contributed by atoms with van der Waals surface area (Å²) in [5.41, 5.74) is 7.95. The fourth-order valence-electron chi connectivity index (χ4n) is 3.13. The molecule has 1 aliphatic carbocycles. The van der Waals surface area contributed by atoms with E-state index in [0.29, 0.717) is 11.3 Å². The summed E-state index contributed by atoms with van der Waals surface area (Å²) >= 11 is 0. The van der Waals surface area contributed by atoms with Crippen molar-refractivity contribution in [3.05, 3.63) is 30.1 Å². The van der Waals surface area contributed by atoms with Crippen LogP contribution in [0.3, 0.4) is 0 Å². The van der Waals surface area contributed by atoms with Gasteiger partial charge in [-0.2, -0.15) is 0 Å². The summed E-state index contributed by atoms with van der Waals surface area (Å²) in [5, 5.41) is 0. The van der Waals surface area contributed by atoms with Crippen LogP contribution in [0.15, 0.2) is 24.4 Å². The van der Waals surface area contributed by atoms with E-state index in [2.05, 4.69) is 31.0 Å². The van der Waals surface area contributed by atoms with Gasteiger partial charge >= 0.3 is 0 Å². The second kappa shape index (κ2) is 5.18. The molecule has 1 aromatic rings. The first-order chi connectivity index (χ1) is 8.13. The first-order valence-electron chi connectivity index (χ1n) is 6.80. The zero-order valence-corrected chi connectivity index (χ0v) is 11.0. The molecule has 1 saturated carbocycles. The average Bonchev–Trinajstić information content (AvgIpc) is 2.39. The SMILES string of the molecule is CC(c1ccccn1)C(N)C1(C)CCCCC1. The summed E-state index contributed by atoms with van der Waals surface area (Å²) in [6.07, 6.45) is 8.44. The molecule has 0 radical (unpaired) electrons. The molecule has 0 bridgehead atoms. The number of hydrogen-bond donors (Lipinski definition) is 1. The Hall–Kier alpha value is -0.890. The second-order valence-electron chi connectivity index (χ2n) is 5.78. The minimum atomic E-state index is 0.220. The highest BCUT2D eigenvalue weighted by molar-refractivity contribution is 5.13. The smallest absolute Gasteiger partial charge is 0.0447 e. The largest absolute Gasteiger partial charge is 0.327 e. The van der Waals surface area contributed by atoms with Gasteiger partial charge in [-0.1, -0.05) is 39.2 Å². The Balaban J connectivity index is 2.11. The van der Waals surface area contributed by atoms with Crippen LogP contribution in [0.5, 0.6) is 0 Å². The third-order valence-corrected chi connectivity index (χ3v) is 4.49. The molecular formula is C15H24N2. The molecule has 1 aliphatic rings. The van der Waals surface area contributed by atoms with Crippen LogP contribution in [0.4, 0.5) is 0 Å². The number of rotatable bonds is 3. The van der Waals surface area contributed by atoms with E-state index < -0.39 is 0 Å². The Morgan fingerprint density at radius 3 is 2.53 bits per heavy atom. The Bertz CT molecular complexity index is 341. The molecule has 2 rings (SSSR count). The first kappa shape index (κ1) is 12.6. The van der Waals surface area contributed by atoms with Crippen molar-refractivity contribution in [1.82, 2.24) is 4.98 Å². The molecule has 1 fully saturated rings. The molecule has 1 heterocycles. The molecule has 0 aliphatic heterocycles. The molecule has 2 N–H and O–H groups in total. The Morgan fingerprint density at radius 2 is 1.94 bits per heavy atom. The molecular weight excluding hydrogens is 208 g/mol.